The van der Waals surface area contributed by atoms with E-state index in [9.17, 15) is 14.4 Å². The Morgan fingerprint density at radius 2 is 1.65 bits per heavy atom. The first-order valence-corrected chi connectivity index (χ1v) is 13.8. The van der Waals surface area contributed by atoms with Crippen LogP contribution in [0.4, 0.5) is 21.0 Å². The maximum Gasteiger partial charge on any atom is 0.338 e. The van der Waals surface area contributed by atoms with Crippen molar-refractivity contribution in [3.8, 4) is 0 Å². The van der Waals surface area contributed by atoms with Crippen LogP contribution in [0.1, 0.15) is 43.9 Å². The van der Waals surface area contributed by atoms with Gasteiger partial charge in [-0.05, 0) is 48.7 Å². The molecule has 1 atom stereocenters. The maximum absolute atomic E-state index is 13.5. The SMILES string of the molecule is CCCCN1C(=O)N[C@@H](c2cccc(NC(=O)Nc3c(Cl)cccc3Cl)c2)C(C(=O)OCC)=C1c1ccccc1. The van der Waals surface area contributed by atoms with Crippen LogP contribution < -0.4 is 16.0 Å². The molecule has 0 aromatic heterocycles. The molecule has 0 aliphatic carbocycles. The second kappa shape index (κ2) is 13.4. The molecular weight excluding hydrogens is 551 g/mol. The highest BCUT2D eigenvalue weighted by Gasteiger charge is 2.38. The molecule has 8 nitrogen and oxygen atoms in total. The van der Waals surface area contributed by atoms with Crippen molar-refractivity contribution in [2.45, 2.75) is 32.7 Å². The Balaban J connectivity index is 1.73. The number of hydrogen-bond acceptors (Lipinski definition) is 4. The molecule has 0 unspecified atom stereocenters. The Kier molecular flexibility index (Phi) is 9.69. The number of carbonyl (C=O) groups excluding carboxylic acids is 3. The van der Waals surface area contributed by atoms with E-state index in [1.807, 2.05) is 37.3 Å². The lowest BCUT2D eigenvalue weighted by molar-refractivity contribution is -0.138. The number of ether oxygens (including phenoxy) is 1. The van der Waals surface area contributed by atoms with Crippen LogP contribution in [-0.4, -0.2) is 36.1 Å². The lowest BCUT2D eigenvalue weighted by Gasteiger charge is -2.37. The summed E-state index contributed by atoms with van der Waals surface area (Å²) in [6.07, 6.45) is 1.63. The standard InChI is InChI=1S/C30H30Cl2N4O4/c1-3-5-17-36-27(19-11-7-6-8-12-19)24(28(37)40-4-2)25(35-30(36)39)20-13-9-14-21(18-20)33-29(38)34-26-22(31)15-10-16-23(26)32/h6-16,18,25H,3-5,17H2,1-2H3,(H,35,39)(H2,33,34,38)/t25-/m0/s1. The number of benzene rings is 3. The van der Waals surface area contributed by atoms with Crippen molar-refractivity contribution in [1.29, 1.82) is 0 Å². The fourth-order valence-electron chi connectivity index (χ4n) is 4.46. The zero-order chi connectivity index (χ0) is 28.6. The molecule has 4 rings (SSSR count). The summed E-state index contributed by atoms with van der Waals surface area (Å²) < 4.78 is 5.48. The molecule has 4 amide bonds. The molecule has 0 radical (unpaired) electrons. The van der Waals surface area contributed by atoms with E-state index in [0.717, 1.165) is 18.4 Å². The van der Waals surface area contributed by atoms with E-state index in [2.05, 4.69) is 16.0 Å². The summed E-state index contributed by atoms with van der Waals surface area (Å²) in [6.45, 7) is 4.39. The molecule has 1 aliphatic rings. The summed E-state index contributed by atoms with van der Waals surface area (Å²) in [6, 6.07) is 19.4. The smallest absolute Gasteiger partial charge is 0.338 e. The number of nitrogens with zero attached hydrogens (tertiary/aromatic N) is 1. The molecule has 0 fully saturated rings. The third-order valence-electron chi connectivity index (χ3n) is 6.28. The summed E-state index contributed by atoms with van der Waals surface area (Å²) in [5.74, 6) is -0.530. The predicted molar refractivity (Wildman–Crippen MR) is 158 cm³/mol. The van der Waals surface area contributed by atoms with Crippen LogP contribution in [-0.2, 0) is 9.53 Å². The lowest BCUT2D eigenvalue weighted by Crippen LogP contribution is -2.48. The quantitative estimate of drug-likeness (QED) is 0.228. The number of esters is 1. The van der Waals surface area contributed by atoms with Gasteiger partial charge in [-0.2, -0.15) is 0 Å². The third kappa shape index (κ3) is 6.58. The summed E-state index contributed by atoms with van der Waals surface area (Å²) in [4.78, 5) is 41.3. The number of hydrogen-bond donors (Lipinski definition) is 3. The van der Waals surface area contributed by atoms with E-state index in [1.165, 1.54) is 0 Å². The molecule has 208 valence electrons. The first kappa shape index (κ1) is 29.0. The van der Waals surface area contributed by atoms with Crippen molar-refractivity contribution in [3.63, 3.8) is 0 Å². The summed E-state index contributed by atoms with van der Waals surface area (Å²) in [7, 11) is 0. The Morgan fingerprint density at radius 3 is 2.33 bits per heavy atom. The second-order valence-corrected chi connectivity index (χ2v) is 9.85. The zero-order valence-corrected chi connectivity index (χ0v) is 23.7. The Labute approximate surface area is 243 Å². The molecule has 3 aromatic rings. The van der Waals surface area contributed by atoms with Gasteiger partial charge in [0.2, 0.25) is 0 Å². The maximum atomic E-state index is 13.5. The highest BCUT2D eigenvalue weighted by atomic mass is 35.5. The van der Waals surface area contributed by atoms with Crippen molar-refractivity contribution < 1.29 is 19.1 Å². The first-order chi connectivity index (χ1) is 19.3. The number of urea groups is 2. The van der Waals surface area contributed by atoms with Crippen molar-refractivity contribution in [2.75, 3.05) is 23.8 Å². The molecule has 0 saturated heterocycles. The monoisotopic (exact) mass is 580 g/mol. The molecular formula is C30H30Cl2N4O4. The normalized spacial score (nSPS) is 14.9. The number of rotatable bonds is 9. The molecule has 40 heavy (non-hydrogen) atoms. The fraction of sp³-hybridized carbons (Fsp3) is 0.233. The number of halogens is 2. The topological polar surface area (TPSA) is 99.8 Å². The molecule has 1 heterocycles. The number of carbonyl (C=O) groups is 3. The van der Waals surface area contributed by atoms with Gasteiger partial charge in [-0.3, -0.25) is 4.90 Å². The van der Waals surface area contributed by atoms with E-state index in [-0.39, 0.29) is 18.3 Å². The van der Waals surface area contributed by atoms with Gasteiger partial charge in [0.25, 0.3) is 0 Å². The van der Waals surface area contributed by atoms with Crippen molar-refractivity contribution in [1.82, 2.24) is 10.2 Å². The Bertz CT molecular complexity index is 1410. The van der Waals surface area contributed by atoms with Crippen LogP contribution in [0.2, 0.25) is 10.0 Å². The predicted octanol–water partition coefficient (Wildman–Crippen LogP) is 7.48. The zero-order valence-electron chi connectivity index (χ0n) is 22.2. The van der Waals surface area contributed by atoms with Crippen molar-refractivity contribution in [3.05, 3.63) is 99.5 Å². The van der Waals surface area contributed by atoms with Crippen LogP contribution in [0.15, 0.2) is 78.4 Å². The van der Waals surface area contributed by atoms with Crippen LogP contribution >= 0.6 is 23.2 Å². The highest BCUT2D eigenvalue weighted by molar-refractivity contribution is 6.39. The van der Waals surface area contributed by atoms with Gasteiger partial charge in [0, 0.05) is 12.2 Å². The van der Waals surface area contributed by atoms with Crippen LogP contribution in [0.5, 0.6) is 0 Å². The highest BCUT2D eigenvalue weighted by Crippen LogP contribution is 2.37. The van der Waals surface area contributed by atoms with E-state index in [1.54, 1.807) is 54.3 Å². The summed E-state index contributed by atoms with van der Waals surface area (Å²) in [5, 5.41) is 9.00. The van der Waals surface area contributed by atoms with E-state index < -0.39 is 18.0 Å². The van der Waals surface area contributed by atoms with E-state index >= 15 is 0 Å². The average Bonchev–Trinajstić information content (AvgIpc) is 2.94. The Hall–Kier alpha value is -4.01. The van der Waals surface area contributed by atoms with Gasteiger partial charge >= 0.3 is 18.0 Å². The van der Waals surface area contributed by atoms with E-state index in [4.69, 9.17) is 27.9 Å². The fourth-order valence-corrected chi connectivity index (χ4v) is 4.95. The van der Waals surface area contributed by atoms with Crippen LogP contribution in [0, 0.1) is 0 Å². The molecule has 0 saturated carbocycles. The van der Waals surface area contributed by atoms with E-state index in [0.29, 0.717) is 39.1 Å². The van der Waals surface area contributed by atoms with Gasteiger partial charge in [-0.25, -0.2) is 14.4 Å². The minimum Gasteiger partial charge on any atom is -0.463 e. The summed E-state index contributed by atoms with van der Waals surface area (Å²) >= 11 is 12.4. The number of nitrogens with one attached hydrogen (secondary N) is 3. The first-order valence-electron chi connectivity index (χ1n) is 13.0. The minimum absolute atomic E-state index is 0.173. The number of amides is 4. The molecule has 3 aromatic carbocycles. The number of anilines is 2. The van der Waals surface area contributed by atoms with Gasteiger partial charge in [-0.15, -0.1) is 0 Å². The van der Waals surface area contributed by atoms with Gasteiger partial charge in [-0.1, -0.05) is 85.1 Å². The lowest BCUT2D eigenvalue weighted by atomic mass is 9.91. The molecule has 3 N–H and O–H groups in total. The third-order valence-corrected chi connectivity index (χ3v) is 6.91. The molecule has 0 bridgehead atoms. The second-order valence-electron chi connectivity index (χ2n) is 9.04. The summed E-state index contributed by atoms with van der Waals surface area (Å²) in [5.41, 5.74) is 2.86. The van der Waals surface area contributed by atoms with Gasteiger partial charge in [0.15, 0.2) is 0 Å². The molecule has 10 heteroatoms. The molecule has 0 spiro atoms. The minimum atomic E-state index is -0.817. The average molecular weight is 582 g/mol. The molecule has 1 aliphatic heterocycles. The van der Waals surface area contributed by atoms with Crippen LogP contribution in [0.3, 0.4) is 0 Å². The van der Waals surface area contributed by atoms with Crippen molar-refractivity contribution in [2.24, 2.45) is 0 Å². The Morgan fingerprint density at radius 1 is 0.950 bits per heavy atom. The van der Waals surface area contributed by atoms with Gasteiger partial charge in [0.05, 0.1) is 39.7 Å². The largest absolute Gasteiger partial charge is 0.463 e. The number of unbranched alkanes of at least 4 members (excludes halogenated alkanes) is 1. The van der Waals surface area contributed by atoms with Gasteiger partial charge in [0.1, 0.15) is 0 Å². The van der Waals surface area contributed by atoms with Crippen molar-refractivity contribution >= 4 is 58.3 Å². The van der Waals surface area contributed by atoms with Gasteiger partial charge < -0.3 is 20.7 Å². The van der Waals surface area contributed by atoms with Crippen LogP contribution in [0.25, 0.3) is 5.70 Å². The number of para-hydroxylation sites is 1.